The zero-order valence-corrected chi connectivity index (χ0v) is 18.8. The monoisotopic (exact) mass is 495 g/mol. The molecule has 1 aromatic heterocycles. The number of hydrogen-bond donors (Lipinski definition) is 7. The Morgan fingerprint density at radius 3 is 2.66 bits per heavy atom. The number of anilines is 1. The lowest BCUT2D eigenvalue weighted by Crippen LogP contribution is -2.46. The number of aliphatic imine (C=N–C) groups is 1. The lowest BCUT2D eigenvalue weighted by molar-refractivity contribution is -0.164. The molecule has 178 valence electrons. The van der Waals surface area contributed by atoms with Crippen LogP contribution in [0.25, 0.3) is 0 Å². The van der Waals surface area contributed by atoms with Gasteiger partial charge in [0.15, 0.2) is 11.1 Å². The Balaban J connectivity index is 1.81. The topological polar surface area (TPSA) is 212 Å². The van der Waals surface area contributed by atoms with Crippen LogP contribution in [0.15, 0.2) is 20.9 Å². The van der Waals surface area contributed by atoms with Gasteiger partial charge in [0.05, 0.1) is 12.4 Å². The van der Waals surface area contributed by atoms with Crippen LogP contribution >= 0.6 is 19.2 Å². The minimum absolute atomic E-state index is 0.00868. The maximum atomic E-state index is 12.2. The van der Waals surface area contributed by atoms with E-state index in [1.807, 2.05) is 0 Å². The quantitative estimate of drug-likeness (QED) is 0.158. The van der Waals surface area contributed by atoms with Crippen molar-refractivity contribution in [2.45, 2.75) is 45.0 Å². The SMILES string of the molecule is CC(C)(C)OC(=O)[C@H](OCc1oc(N2CNC3=C(N)N=C(Cl)N[C@@H]32)c(O)c1O)P(=O)(O)O. The number of esters is 1. The molecule has 0 saturated carbocycles. The van der Waals surface area contributed by atoms with Crippen LogP contribution in [0.2, 0.25) is 0 Å². The largest absolute Gasteiger partial charge is 0.502 e. The molecule has 0 amide bonds. The highest BCUT2D eigenvalue weighted by Crippen LogP contribution is 2.47. The molecule has 0 aromatic carbocycles. The highest BCUT2D eigenvalue weighted by Gasteiger charge is 2.42. The van der Waals surface area contributed by atoms with E-state index in [9.17, 15) is 29.4 Å². The molecule has 3 heterocycles. The summed E-state index contributed by atoms with van der Waals surface area (Å²) in [4.78, 5) is 36.4. The Morgan fingerprint density at radius 1 is 1.41 bits per heavy atom. The lowest BCUT2D eigenvalue weighted by Gasteiger charge is -2.26. The normalized spacial score (nSPS) is 19.8. The number of nitrogens with zero attached hydrogens (tertiary/aromatic N) is 2. The van der Waals surface area contributed by atoms with Gasteiger partial charge in [-0.3, -0.25) is 9.46 Å². The molecule has 0 radical (unpaired) electrons. The fourth-order valence-corrected chi connectivity index (χ4v) is 3.73. The molecule has 0 aliphatic carbocycles. The predicted octanol–water partition coefficient (Wildman–Crippen LogP) is 0.0719. The van der Waals surface area contributed by atoms with Gasteiger partial charge in [0.25, 0.3) is 5.85 Å². The van der Waals surface area contributed by atoms with Crippen molar-refractivity contribution < 1.29 is 43.3 Å². The summed E-state index contributed by atoms with van der Waals surface area (Å²) >= 11 is 5.90. The van der Waals surface area contributed by atoms with Crippen molar-refractivity contribution in [3.8, 4) is 11.5 Å². The van der Waals surface area contributed by atoms with E-state index in [0.29, 0.717) is 5.70 Å². The molecule has 2 aliphatic heterocycles. The maximum Gasteiger partial charge on any atom is 0.365 e. The van der Waals surface area contributed by atoms with Gasteiger partial charge in [0.1, 0.15) is 24.2 Å². The molecule has 2 atom stereocenters. The summed E-state index contributed by atoms with van der Waals surface area (Å²) in [7, 11) is -5.09. The summed E-state index contributed by atoms with van der Waals surface area (Å²) in [6.07, 6.45) is -0.699. The van der Waals surface area contributed by atoms with Crippen molar-refractivity contribution in [2.24, 2.45) is 10.7 Å². The highest BCUT2D eigenvalue weighted by atomic mass is 35.5. The minimum Gasteiger partial charge on any atom is -0.502 e. The van der Waals surface area contributed by atoms with E-state index in [4.69, 9.17) is 31.2 Å². The molecular formula is C16H23ClN5O9P. The molecule has 2 aliphatic rings. The van der Waals surface area contributed by atoms with E-state index in [0.717, 1.165) is 0 Å². The van der Waals surface area contributed by atoms with Crippen LogP contribution in [0.1, 0.15) is 26.5 Å². The first kappa shape index (κ1) is 24.0. The van der Waals surface area contributed by atoms with Crippen molar-refractivity contribution >= 4 is 36.3 Å². The fraction of sp³-hybridized carbons (Fsp3) is 0.500. The number of nitrogens with one attached hydrogen (secondary N) is 2. The van der Waals surface area contributed by atoms with Crippen molar-refractivity contribution in [2.75, 3.05) is 11.6 Å². The van der Waals surface area contributed by atoms with Gasteiger partial charge >= 0.3 is 13.6 Å². The smallest absolute Gasteiger partial charge is 0.365 e. The van der Waals surface area contributed by atoms with E-state index in [1.165, 1.54) is 25.7 Å². The van der Waals surface area contributed by atoms with E-state index >= 15 is 0 Å². The molecular weight excluding hydrogens is 473 g/mol. The third-order valence-electron chi connectivity index (χ3n) is 4.23. The fourth-order valence-electron chi connectivity index (χ4n) is 2.94. The summed E-state index contributed by atoms with van der Waals surface area (Å²) < 4.78 is 27.2. The Labute approximate surface area is 186 Å². The molecule has 0 bridgehead atoms. The van der Waals surface area contributed by atoms with Crippen molar-refractivity contribution in [3.05, 3.63) is 17.3 Å². The van der Waals surface area contributed by atoms with E-state index in [1.54, 1.807) is 0 Å². The third kappa shape index (κ3) is 4.89. The zero-order valence-electron chi connectivity index (χ0n) is 17.2. The first-order valence-corrected chi connectivity index (χ1v) is 11.2. The number of aromatic hydroxyl groups is 2. The summed E-state index contributed by atoms with van der Waals surface area (Å²) in [5.41, 5.74) is 5.24. The summed E-state index contributed by atoms with van der Waals surface area (Å²) in [5, 5.41) is 26.3. The Bertz CT molecular complexity index is 1030. The number of fused-ring (bicyclic) bond motifs is 1. The number of furan rings is 1. The van der Waals surface area contributed by atoms with Gasteiger partial charge in [0, 0.05) is 0 Å². The molecule has 14 nitrogen and oxygen atoms in total. The first-order valence-electron chi connectivity index (χ1n) is 9.13. The highest BCUT2D eigenvalue weighted by molar-refractivity contribution is 7.53. The summed E-state index contributed by atoms with van der Waals surface area (Å²) in [6.45, 7) is 3.86. The van der Waals surface area contributed by atoms with E-state index in [2.05, 4.69) is 15.6 Å². The average Bonchev–Trinajstić information content (AvgIpc) is 3.15. The lowest BCUT2D eigenvalue weighted by atomic mass is 10.2. The number of carbonyl (C=O) groups is 1. The van der Waals surface area contributed by atoms with Crippen molar-refractivity contribution in [1.29, 1.82) is 0 Å². The molecule has 16 heteroatoms. The van der Waals surface area contributed by atoms with Crippen LogP contribution < -0.4 is 21.3 Å². The van der Waals surface area contributed by atoms with Gasteiger partial charge in [0.2, 0.25) is 17.4 Å². The van der Waals surface area contributed by atoms with Gasteiger partial charge in [-0.1, -0.05) is 0 Å². The van der Waals surface area contributed by atoms with Gasteiger partial charge in [-0.05, 0) is 32.4 Å². The number of hydrogen-bond acceptors (Lipinski definition) is 12. The number of amidine groups is 1. The second-order valence-corrected chi connectivity index (χ2v) is 9.87. The zero-order chi connectivity index (χ0) is 24.0. The Hall–Kier alpha value is -2.64. The van der Waals surface area contributed by atoms with Gasteiger partial charge in [-0.2, -0.15) is 0 Å². The summed E-state index contributed by atoms with van der Waals surface area (Å²) in [5.74, 6) is -5.47. The first-order chi connectivity index (χ1) is 14.7. The molecule has 1 aromatic rings. The van der Waals surface area contributed by atoms with Crippen molar-refractivity contribution in [3.63, 3.8) is 0 Å². The van der Waals surface area contributed by atoms with Gasteiger partial charge in [-0.15, -0.1) is 0 Å². The third-order valence-corrected chi connectivity index (χ3v) is 5.40. The van der Waals surface area contributed by atoms with Crippen LogP contribution in [0.4, 0.5) is 5.88 Å². The van der Waals surface area contributed by atoms with E-state index in [-0.39, 0.29) is 29.4 Å². The van der Waals surface area contributed by atoms with Crippen LogP contribution in [0.5, 0.6) is 11.5 Å². The molecule has 1 fully saturated rings. The average molecular weight is 496 g/mol. The van der Waals surface area contributed by atoms with Crippen LogP contribution in [-0.4, -0.2) is 55.5 Å². The van der Waals surface area contributed by atoms with E-state index < -0.39 is 49.3 Å². The second-order valence-electron chi connectivity index (χ2n) is 7.87. The number of nitrogens with two attached hydrogens (primary N) is 1. The molecule has 32 heavy (non-hydrogen) atoms. The number of carbonyl (C=O) groups excluding carboxylic acids is 1. The minimum atomic E-state index is -5.09. The van der Waals surface area contributed by atoms with Gasteiger partial charge in [-0.25, -0.2) is 9.79 Å². The number of ether oxygens (including phenoxy) is 2. The maximum absolute atomic E-state index is 12.2. The second kappa shape index (κ2) is 8.37. The molecule has 3 rings (SSSR count). The molecule has 0 spiro atoms. The standard InChI is InChI=1S/C16H23ClN5O9P/c1-16(2,3)31-13(25)14(32(26,27)28)29-4-6-8(23)9(24)12(30-6)22-5-19-7-10(18)20-15(17)21-11(7)22/h11,14,19,23-24H,4-5,18H2,1-3H3,(H,20,21)(H2,26,27,28)/t11-,14-/m1/s1. The summed E-state index contributed by atoms with van der Waals surface area (Å²) in [6, 6.07) is 0. The number of halogens is 1. The Morgan fingerprint density at radius 2 is 2.06 bits per heavy atom. The molecule has 8 N–H and O–H groups in total. The van der Waals surface area contributed by atoms with Crippen LogP contribution in [-0.2, 0) is 25.4 Å². The van der Waals surface area contributed by atoms with Crippen LogP contribution in [0.3, 0.4) is 0 Å². The predicted molar refractivity (Wildman–Crippen MR) is 110 cm³/mol. The van der Waals surface area contributed by atoms with Crippen molar-refractivity contribution in [1.82, 2.24) is 10.6 Å². The van der Waals surface area contributed by atoms with Crippen LogP contribution in [0, 0.1) is 0 Å². The molecule has 0 unspecified atom stereocenters. The molecule has 1 saturated heterocycles. The van der Waals surface area contributed by atoms with Gasteiger partial charge < -0.3 is 50.3 Å². The number of rotatable bonds is 6. The Kier molecular flexibility index (Phi) is 6.28.